The minimum atomic E-state index is -1.22. The number of hydrogen-bond acceptors (Lipinski definition) is 6. The zero-order valence-electron chi connectivity index (χ0n) is 15.1. The maximum absolute atomic E-state index is 14.3. The summed E-state index contributed by atoms with van der Waals surface area (Å²) in [7, 11) is -1.22. The molecule has 0 aliphatic carbocycles. The molecule has 0 radical (unpaired) electrons. The summed E-state index contributed by atoms with van der Waals surface area (Å²) in [5.74, 6) is 0.896. The molecule has 2 fully saturated rings. The average Bonchev–Trinajstić information content (AvgIpc) is 2.66. The summed E-state index contributed by atoms with van der Waals surface area (Å²) < 4.78 is 37.2. The summed E-state index contributed by atoms with van der Waals surface area (Å²) in [6, 6.07) is 4.83. The second-order valence-electron chi connectivity index (χ2n) is 7.04. The number of benzene rings is 1. The predicted molar refractivity (Wildman–Crippen MR) is 99.4 cm³/mol. The minimum absolute atomic E-state index is 0.294. The van der Waals surface area contributed by atoms with E-state index < -0.39 is 16.6 Å². The van der Waals surface area contributed by atoms with Crippen LogP contribution in [0.15, 0.2) is 35.5 Å². The van der Waals surface area contributed by atoms with Crippen LogP contribution in [0.5, 0.6) is 6.01 Å². The average molecular weight is 391 g/mol. The van der Waals surface area contributed by atoms with E-state index in [0.29, 0.717) is 46.4 Å². The van der Waals surface area contributed by atoms with Crippen molar-refractivity contribution in [2.24, 2.45) is 17.8 Å². The van der Waals surface area contributed by atoms with Gasteiger partial charge in [-0.1, -0.05) is 6.07 Å². The van der Waals surface area contributed by atoms with Crippen molar-refractivity contribution in [3.05, 3.63) is 36.4 Å². The predicted octanol–water partition coefficient (Wildman–Crippen LogP) is 1.88. The normalized spacial score (nSPS) is 25.8. The van der Waals surface area contributed by atoms with Crippen LogP contribution < -0.4 is 10.1 Å². The van der Waals surface area contributed by atoms with Gasteiger partial charge in [-0.15, -0.1) is 0 Å². The molecule has 3 unspecified atom stereocenters. The van der Waals surface area contributed by atoms with Gasteiger partial charge in [0, 0.05) is 76.3 Å². The van der Waals surface area contributed by atoms with Crippen LogP contribution in [0.4, 0.5) is 4.39 Å². The van der Waals surface area contributed by atoms with E-state index >= 15 is 0 Å². The molecule has 2 bridgehead atoms. The van der Waals surface area contributed by atoms with E-state index in [9.17, 15) is 8.60 Å². The number of ether oxygens (including phenoxy) is 2. The van der Waals surface area contributed by atoms with Crippen molar-refractivity contribution in [3.63, 3.8) is 0 Å². The van der Waals surface area contributed by atoms with E-state index in [0.717, 1.165) is 26.3 Å². The van der Waals surface area contributed by atoms with Crippen LogP contribution in [0.1, 0.15) is 0 Å². The number of piperidine rings is 1. The van der Waals surface area contributed by atoms with Crippen LogP contribution in [0.2, 0.25) is 0 Å². The monoisotopic (exact) mass is 391 g/mol. The summed E-state index contributed by atoms with van der Waals surface area (Å²) in [6.07, 6.45) is 4.62. The molecule has 144 valence electrons. The van der Waals surface area contributed by atoms with E-state index in [1.165, 1.54) is 12.3 Å². The first-order valence-corrected chi connectivity index (χ1v) is 10.5. The van der Waals surface area contributed by atoms with Crippen molar-refractivity contribution in [2.75, 3.05) is 39.2 Å². The Morgan fingerprint density at radius 2 is 1.96 bits per heavy atom. The third-order valence-electron chi connectivity index (χ3n) is 5.30. The fraction of sp³-hybridized carbons (Fsp3) is 0.474. The van der Waals surface area contributed by atoms with Gasteiger partial charge in [-0.2, -0.15) is 0 Å². The quantitative estimate of drug-likeness (QED) is 0.839. The number of nitrogens with one attached hydrogen (secondary N) is 1. The highest BCUT2D eigenvalue weighted by Gasteiger charge is 2.37. The maximum atomic E-state index is 14.3. The first-order valence-electron chi connectivity index (χ1n) is 8.98. The molecule has 1 aromatic carbocycles. The molecule has 4 rings (SSSR count). The van der Waals surface area contributed by atoms with Crippen molar-refractivity contribution in [1.82, 2.24) is 15.3 Å². The molecule has 27 heavy (non-hydrogen) atoms. The summed E-state index contributed by atoms with van der Waals surface area (Å²) in [5.41, 5.74) is 0.932. The van der Waals surface area contributed by atoms with E-state index in [-0.39, 0.29) is 0 Å². The Balaban J connectivity index is 1.43. The SMILES string of the molecule is CS(=O)c1ccc(-c2cnc(OCC3C4CNCC3COC4)nc2)c(F)c1. The molecule has 0 amide bonds. The molecular formula is C19H22FN3O3S. The summed E-state index contributed by atoms with van der Waals surface area (Å²) in [6.45, 7) is 3.97. The Bertz CT molecular complexity index is 811. The van der Waals surface area contributed by atoms with Crippen molar-refractivity contribution in [2.45, 2.75) is 4.90 Å². The minimum Gasteiger partial charge on any atom is -0.463 e. The first-order chi connectivity index (χ1) is 13.1. The molecule has 0 spiro atoms. The molecule has 2 aliphatic heterocycles. The zero-order chi connectivity index (χ0) is 18.8. The lowest BCUT2D eigenvalue weighted by atomic mass is 9.78. The van der Waals surface area contributed by atoms with E-state index in [1.807, 2.05) is 0 Å². The molecule has 1 aromatic heterocycles. The van der Waals surface area contributed by atoms with Gasteiger partial charge in [0.25, 0.3) is 0 Å². The lowest BCUT2D eigenvalue weighted by molar-refractivity contribution is -0.0607. The van der Waals surface area contributed by atoms with Gasteiger partial charge in [-0.25, -0.2) is 14.4 Å². The summed E-state index contributed by atoms with van der Waals surface area (Å²) in [4.78, 5) is 8.90. The number of aromatic nitrogens is 2. The Labute approximate surface area is 160 Å². The Hall–Kier alpha value is -1.90. The van der Waals surface area contributed by atoms with Gasteiger partial charge in [0.15, 0.2) is 0 Å². The number of nitrogens with zero attached hydrogens (tertiary/aromatic N) is 2. The van der Waals surface area contributed by atoms with Crippen molar-refractivity contribution in [1.29, 1.82) is 0 Å². The Morgan fingerprint density at radius 1 is 1.26 bits per heavy atom. The molecule has 0 saturated carbocycles. The molecule has 1 N–H and O–H groups in total. The lowest BCUT2D eigenvalue weighted by Gasteiger charge is -2.42. The topological polar surface area (TPSA) is 73.3 Å². The van der Waals surface area contributed by atoms with E-state index in [2.05, 4.69) is 15.3 Å². The standard InChI is InChI=1S/C19H22FN3O3S/c1-27(24)15-2-3-16(18(20)4-15)12-7-22-19(23-8-12)26-11-17-13-5-21-6-14(17)10-25-9-13/h2-4,7-8,13-14,17,21H,5-6,9-11H2,1H3. The number of halogens is 1. The van der Waals surface area contributed by atoms with Crippen LogP contribution in [0.3, 0.4) is 0 Å². The van der Waals surface area contributed by atoms with Gasteiger partial charge in [0.2, 0.25) is 0 Å². The second-order valence-corrected chi connectivity index (χ2v) is 8.42. The summed E-state index contributed by atoms with van der Waals surface area (Å²) >= 11 is 0. The molecule has 2 saturated heterocycles. The van der Waals surface area contributed by atoms with Gasteiger partial charge >= 0.3 is 6.01 Å². The number of fused-ring (bicyclic) bond motifs is 2. The smallest absolute Gasteiger partial charge is 0.316 e. The van der Waals surface area contributed by atoms with Crippen molar-refractivity contribution < 1.29 is 18.1 Å². The van der Waals surface area contributed by atoms with Crippen molar-refractivity contribution >= 4 is 10.8 Å². The zero-order valence-corrected chi connectivity index (χ0v) is 15.9. The largest absolute Gasteiger partial charge is 0.463 e. The maximum Gasteiger partial charge on any atom is 0.316 e. The molecule has 2 aromatic rings. The highest BCUT2D eigenvalue weighted by molar-refractivity contribution is 7.84. The first kappa shape index (κ1) is 18.5. The fourth-order valence-electron chi connectivity index (χ4n) is 3.76. The molecular weight excluding hydrogens is 369 g/mol. The Kier molecular flexibility index (Phi) is 5.47. The molecule has 6 nitrogen and oxygen atoms in total. The Morgan fingerprint density at radius 3 is 2.59 bits per heavy atom. The van der Waals surface area contributed by atoms with Gasteiger partial charge in [-0.05, 0) is 12.1 Å². The summed E-state index contributed by atoms with van der Waals surface area (Å²) in [5, 5.41) is 3.44. The van der Waals surface area contributed by atoms with Crippen LogP contribution in [0.25, 0.3) is 11.1 Å². The molecule has 3 atom stereocenters. The number of hydrogen-bond donors (Lipinski definition) is 1. The van der Waals surface area contributed by atoms with E-state index in [1.54, 1.807) is 24.5 Å². The molecule has 2 aliphatic rings. The van der Waals surface area contributed by atoms with Gasteiger partial charge in [-0.3, -0.25) is 4.21 Å². The third-order valence-corrected chi connectivity index (χ3v) is 6.22. The van der Waals surface area contributed by atoms with Gasteiger partial charge in [0.1, 0.15) is 5.82 Å². The van der Waals surface area contributed by atoms with Crippen LogP contribution >= 0.6 is 0 Å². The second kappa shape index (κ2) is 8.00. The highest BCUT2D eigenvalue weighted by atomic mass is 32.2. The van der Waals surface area contributed by atoms with Gasteiger partial charge < -0.3 is 14.8 Å². The molecule has 8 heteroatoms. The van der Waals surface area contributed by atoms with Crippen molar-refractivity contribution in [3.8, 4) is 17.1 Å². The van der Waals surface area contributed by atoms with Crippen LogP contribution in [-0.2, 0) is 15.5 Å². The van der Waals surface area contributed by atoms with Gasteiger partial charge in [0.05, 0.1) is 19.8 Å². The lowest BCUT2D eigenvalue weighted by Crippen LogP contribution is -2.52. The molecule has 3 heterocycles. The third kappa shape index (κ3) is 4.02. The van der Waals surface area contributed by atoms with Crippen LogP contribution in [-0.4, -0.2) is 53.3 Å². The highest BCUT2D eigenvalue weighted by Crippen LogP contribution is 2.30. The van der Waals surface area contributed by atoms with E-state index in [4.69, 9.17) is 9.47 Å². The number of rotatable bonds is 5. The van der Waals surface area contributed by atoms with Crippen LogP contribution in [0, 0.1) is 23.6 Å². The fourth-order valence-corrected chi connectivity index (χ4v) is 4.29.